The van der Waals surface area contributed by atoms with E-state index in [0.29, 0.717) is 52.2 Å². The highest BCUT2D eigenvalue weighted by Gasteiger charge is 2.25. The van der Waals surface area contributed by atoms with Gasteiger partial charge in [-0.3, -0.25) is 9.79 Å². The lowest BCUT2D eigenvalue weighted by Crippen LogP contribution is -2.36. The minimum absolute atomic E-state index is 0.145. The number of hydrogen-bond donors (Lipinski definition) is 4. The summed E-state index contributed by atoms with van der Waals surface area (Å²) in [5.41, 5.74) is 5.31. The molecule has 0 saturated carbocycles. The van der Waals surface area contributed by atoms with Gasteiger partial charge in [0.25, 0.3) is 5.91 Å². The summed E-state index contributed by atoms with van der Waals surface area (Å²) in [5.74, 6) is -0.110. The number of guanidine groups is 1. The molecule has 0 aromatic heterocycles. The average Bonchev–Trinajstić information content (AvgIpc) is 3.09. The van der Waals surface area contributed by atoms with Crippen LogP contribution in [-0.2, 0) is 0 Å². The molecule has 1 amide bonds. The van der Waals surface area contributed by atoms with Crippen LogP contribution in [0.2, 0.25) is 5.02 Å². The van der Waals surface area contributed by atoms with Crippen molar-refractivity contribution in [1.29, 1.82) is 0 Å². The van der Waals surface area contributed by atoms with E-state index in [1.165, 1.54) is 11.0 Å². The quantitative estimate of drug-likeness (QED) is 0.362. The van der Waals surface area contributed by atoms with E-state index in [-0.39, 0.29) is 38.0 Å². The third kappa shape index (κ3) is 5.70. The number of aliphatic hydroxyl groups excluding tert-OH is 2. The molecule has 0 bridgehead atoms. The number of hydrogen-bond acceptors (Lipinski definition) is 7. The van der Waals surface area contributed by atoms with Gasteiger partial charge in [0.1, 0.15) is 5.82 Å². The number of nitrogens with zero attached hydrogens (tertiary/aromatic N) is 3. The first-order chi connectivity index (χ1) is 19.0. The normalized spacial score (nSPS) is 14.4. The number of carbonyl (C=O) groups is 1. The molecule has 0 unspecified atom stereocenters. The number of aliphatic imine (C=N–C) groups is 2. The van der Waals surface area contributed by atoms with E-state index in [1.54, 1.807) is 54.6 Å². The minimum atomic E-state index is -0.358. The maximum absolute atomic E-state index is 14.8. The van der Waals surface area contributed by atoms with E-state index >= 15 is 0 Å². The second-order valence-electron chi connectivity index (χ2n) is 9.04. The van der Waals surface area contributed by atoms with E-state index in [4.69, 9.17) is 21.6 Å². The molecule has 10 heteroatoms. The number of halogens is 2. The van der Waals surface area contributed by atoms with Crippen LogP contribution in [0.25, 0.3) is 5.70 Å². The zero-order chi connectivity index (χ0) is 27.4. The van der Waals surface area contributed by atoms with Gasteiger partial charge in [-0.25, -0.2) is 9.38 Å². The van der Waals surface area contributed by atoms with Crippen molar-refractivity contribution in [3.8, 4) is 0 Å². The van der Waals surface area contributed by atoms with Gasteiger partial charge in [-0.15, -0.1) is 0 Å². The molecule has 0 spiro atoms. The van der Waals surface area contributed by atoms with Crippen molar-refractivity contribution in [2.24, 2.45) is 9.98 Å². The van der Waals surface area contributed by atoms with Gasteiger partial charge < -0.3 is 25.7 Å². The Kier molecular flexibility index (Phi) is 8.02. The Hall–Kier alpha value is -4.05. The highest BCUT2D eigenvalue weighted by atomic mass is 35.5. The van der Waals surface area contributed by atoms with E-state index in [9.17, 15) is 19.4 Å². The van der Waals surface area contributed by atoms with Gasteiger partial charge in [-0.1, -0.05) is 29.8 Å². The van der Waals surface area contributed by atoms with Crippen molar-refractivity contribution in [1.82, 2.24) is 10.2 Å². The molecular formula is C29H27ClFN5O3. The fraction of sp³-hybridized carbons (Fsp3) is 0.207. The number of carbonyl (C=O) groups excluding carboxylic acids is 1. The van der Waals surface area contributed by atoms with Gasteiger partial charge in [-0.2, -0.15) is 0 Å². The van der Waals surface area contributed by atoms with Crippen molar-refractivity contribution in [3.05, 3.63) is 105 Å². The Morgan fingerprint density at radius 3 is 2.46 bits per heavy atom. The Balaban J connectivity index is 1.41. The lowest BCUT2D eigenvalue weighted by atomic mass is 9.95. The van der Waals surface area contributed by atoms with Crippen LogP contribution >= 0.6 is 11.6 Å². The molecule has 200 valence electrons. The van der Waals surface area contributed by atoms with Crippen molar-refractivity contribution < 1.29 is 19.4 Å². The largest absolute Gasteiger partial charge is 0.395 e. The summed E-state index contributed by atoms with van der Waals surface area (Å²) in [7, 11) is 0. The number of anilines is 1. The number of benzene rings is 3. The van der Waals surface area contributed by atoms with Gasteiger partial charge in [-0.05, 0) is 54.1 Å². The lowest BCUT2D eigenvalue weighted by molar-refractivity contribution is 0.0685. The summed E-state index contributed by atoms with van der Waals surface area (Å²) in [4.78, 5) is 23.7. The van der Waals surface area contributed by atoms with E-state index in [0.717, 1.165) is 16.8 Å². The third-order valence-electron chi connectivity index (χ3n) is 6.50. The van der Waals surface area contributed by atoms with Crippen LogP contribution in [0.3, 0.4) is 0 Å². The zero-order valence-electron chi connectivity index (χ0n) is 21.0. The second kappa shape index (κ2) is 11.8. The van der Waals surface area contributed by atoms with Crippen LogP contribution < -0.4 is 10.6 Å². The summed E-state index contributed by atoms with van der Waals surface area (Å²) in [6, 6.07) is 18.9. The number of nitrogens with one attached hydrogen (secondary N) is 2. The molecule has 2 heterocycles. The fourth-order valence-corrected chi connectivity index (χ4v) is 4.76. The molecule has 0 atom stereocenters. The smallest absolute Gasteiger partial charge is 0.254 e. The fourth-order valence-electron chi connectivity index (χ4n) is 4.59. The Morgan fingerprint density at radius 2 is 1.74 bits per heavy atom. The summed E-state index contributed by atoms with van der Waals surface area (Å²) in [6.45, 7) is 0.766. The molecule has 8 nitrogen and oxygen atoms in total. The van der Waals surface area contributed by atoms with E-state index in [2.05, 4.69) is 10.6 Å². The van der Waals surface area contributed by atoms with Gasteiger partial charge in [0, 0.05) is 52.6 Å². The monoisotopic (exact) mass is 547 g/mol. The Bertz CT molecular complexity index is 1480. The minimum Gasteiger partial charge on any atom is -0.395 e. The number of aliphatic hydroxyl groups is 2. The van der Waals surface area contributed by atoms with Gasteiger partial charge in [0.15, 0.2) is 0 Å². The molecule has 2 aliphatic rings. The third-order valence-corrected chi connectivity index (χ3v) is 6.73. The maximum Gasteiger partial charge on any atom is 0.254 e. The standard InChI is InChI=1S/C29H27ClFN5O3/c30-20-7-10-22-24(15-20)27(23-3-1-2-4-25(23)31)32-16-19-17-33-29(35-26(19)22)34-21-8-5-18(6-9-21)28(39)36(11-13-37)12-14-38/h1-10,15,37-38H,11-14,16-17H2,(H2,33,34,35). The number of rotatable bonds is 7. The highest BCUT2D eigenvalue weighted by molar-refractivity contribution is 6.31. The van der Waals surface area contributed by atoms with Gasteiger partial charge >= 0.3 is 0 Å². The van der Waals surface area contributed by atoms with Gasteiger partial charge in [0.05, 0.1) is 31.2 Å². The average molecular weight is 548 g/mol. The highest BCUT2D eigenvalue weighted by Crippen LogP contribution is 2.33. The van der Waals surface area contributed by atoms with Crippen molar-refractivity contribution in [2.75, 3.05) is 44.7 Å². The van der Waals surface area contributed by atoms with Crippen molar-refractivity contribution >= 4 is 40.6 Å². The van der Waals surface area contributed by atoms with E-state index in [1.807, 2.05) is 6.07 Å². The van der Waals surface area contributed by atoms with Gasteiger partial charge in [0.2, 0.25) is 5.96 Å². The summed E-state index contributed by atoms with van der Waals surface area (Å²) < 4.78 is 14.8. The second-order valence-corrected chi connectivity index (χ2v) is 9.48. The first kappa shape index (κ1) is 26.6. The lowest BCUT2D eigenvalue weighted by Gasteiger charge is -2.22. The molecule has 0 radical (unpaired) electrons. The van der Waals surface area contributed by atoms with Crippen molar-refractivity contribution in [3.63, 3.8) is 0 Å². The van der Waals surface area contributed by atoms with Crippen LogP contribution in [0, 0.1) is 5.82 Å². The molecule has 0 fully saturated rings. The van der Waals surface area contributed by atoms with Crippen molar-refractivity contribution in [2.45, 2.75) is 0 Å². The molecule has 0 saturated heterocycles. The first-order valence-corrected chi connectivity index (χ1v) is 12.9. The SMILES string of the molecule is O=C(c1ccc(NC2=NC3=C(CN=C(c4ccccc4F)c4cc(Cl)ccc43)CN2)cc1)N(CCO)CCO. The summed E-state index contributed by atoms with van der Waals surface area (Å²) in [6.07, 6.45) is 0. The predicted molar refractivity (Wildman–Crippen MR) is 151 cm³/mol. The topological polar surface area (TPSA) is 110 Å². The summed E-state index contributed by atoms with van der Waals surface area (Å²) in [5, 5.41) is 25.5. The molecule has 39 heavy (non-hydrogen) atoms. The molecule has 3 aromatic rings. The van der Waals surface area contributed by atoms with Crippen LogP contribution in [-0.4, -0.2) is 72.1 Å². The van der Waals surface area contributed by atoms with Crippen LogP contribution in [0.15, 0.2) is 82.3 Å². The zero-order valence-corrected chi connectivity index (χ0v) is 21.7. The first-order valence-electron chi connectivity index (χ1n) is 12.5. The Morgan fingerprint density at radius 1 is 1.00 bits per heavy atom. The Labute approximate surface area is 230 Å². The molecule has 4 N–H and O–H groups in total. The molecule has 3 aromatic carbocycles. The molecule has 0 aliphatic carbocycles. The van der Waals surface area contributed by atoms with Crippen LogP contribution in [0.5, 0.6) is 0 Å². The molecule has 5 rings (SSSR count). The number of amides is 1. The van der Waals surface area contributed by atoms with E-state index < -0.39 is 0 Å². The molecule has 2 aliphatic heterocycles. The summed E-state index contributed by atoms with van der Waals surface area (Å²) >= 11 is 6.35. The van der Waals surface area contributed by atoms with Crippen LogP contribution in [0.4, 0.5) is 10.1 Å². The number of fused-ring (bicyclic) bond motifs is 2. The predicted octanol–water partition coefficient (Wildman–Crippen LogP) is 3.54. The molecular weight excluding hydrogens is 521 g/mol. The van der Waals surface area contributed by atoms with Crippen LogP contribution in [0.1, 0.15) is 27.0 Å². The maximum atomic E-state index is 14.8.